The number of fused-ring (bicyclic) bond motifs is 1. The summed E-state index contributed by atoms with van der Waals surface area (Å²) in [5.74, 6) is 5.41. The van der Waals surface area contributed by atoms with Gasteiger partial charge in [-0.25, -0.2) is 0 Å². The van der Waals surface area contributed by atoms with Crippen molar-refractivity contribution in [1.29, 1.82) is 0 Å². The Hall–Kier alpha value is -0.590. The standard InChI is InChI=1S/C13H19F3N2S/c14-13(15,16)7-6-10(18-17)12-8-9-4-2-1-3-5-11(9)19-12/h8,10,18H,1-7,17H2. The maximum Gasteiger partial charge on any atom is 0.389 e. The maximum atomic E-state index is 12.3. The lowest BCUT2D eigenvalue weighted by molar-refractivity contribution is -0.136. The number of hydrogen-bond acceptors (Lipinski definition) is 3. The number of hydrogen-bond donors (Lipinski definition) is 2. The van der Waals surface area contributed by atoms with E-state index in [0.29, 0.717) is 0 Å². The van der Waals surface area contributed by atoms with Crippen LogP contribution in [0.2, 0.25) is 0 Å². The zero-order valence-electron chi connectivity index (χ0n) is 10.7. The van der Waals surface area contributed by atoms with E-state index in [2.05, 4.69) is 5.43 Å². The van der Waals surface area contributed by atoms with Gasteiger partial charge in [0.2, 0.25) is 0 Å². The van der Waals surface area contributed by atoms with Crippen molar-refractivity contribution >= 4 is 11.3 Å². The van der Waals surface area contributed by atoms with E-state index in [1.54, 1.807) is 11.3 Å². The molecule has 1 aromatic heterocycles. The minimum absolute atomic E-state index is 0.000602. The van der Waals surface area contributed by atoms with Crippen LogP contribution in [-0.2, 0) is 12.8 Å². The molecule has 0 radical (unpaired) electrons. The Bertz CT molecular complexity index is 391. The summed E-state index contributed by atoms with van der Waals surface area (Å²) in [6, 6.07) is 1.66. The Kier molecular flexibility index (Phi) is 4.86. The van der Waals surface area contributed by atoms with E-state index in [1.165, 1.54) is 29.7 Å². The molecule has 0 fully saturated rings. The number of aryl methyl sites for hydroxylation is 2. The molecule has 3 N–H and O–H groups in total. The molecule has 108 valence electrons. The molecule has 0 aliphatic heterocycles. The van der Waals surface area contributed by atoms with Crippen LogP contribution in [0.15, 0.2) is 6.07 Å². The molecule has 1 atom stereocenters. The molecule has 1 aliphatic rings. The van der Waals surface area contributed by atoms with E-state index in [-0.39, 0.29) is 6.42 Å². The third-order valence-corrected chi connectivity index (χ3v) is 4.88. The van der Waals surface area contributed by atoms with Gasteiger partial charge in [-0.05, 0) is 43.7 Å². The number of thiophene rings is 1. The fourth-order valence-electron chi connectivity index (χ4n) is 2.48. The molecule has 6 heteroatoms. The maximum absolute atomic E-state index is 12.3. The summed E-state index contributed by atoms with van der Waals surface area (Å²) in [7, 11) is 0. The third kappa shape index (κ3) is 4.19. The molecule has 0 bridgehead atoms. The molecule has 2 rings (SSSR count). The minimum atomic E-state index is -4.12. The first kappa shape index (κ1) is 14.8. The molecule has 0 saturated heterocycles. The first-order valence-corrected chi connectivity index (χ1v) is 7.45. The molecule has 19 heavy (non-hydrogen) atoms. The van der Waals surface area contributed by atoms with E-state index < -0.39 is 18.6 Å². The van der Waals surface area contributed by atoms with E-state index in [1.807, 2.05) is 6.07 Å². The topological polar surface area (TPSA) is 38.0 Å². The fourth-order valence-corrected chi connectivity index (χ4v) is 3.83. The van der Waals surface area contributed by atoms with Gasteiger partial charge >= 0.3 is 6.18 Å². The highest BCUT2D eigenvalue weighted by atomic mass is 32.1. The summed E-state index contributed by atoms with van der Waals surface area (Å²) in [5, 5.41) is 0. The van der Waals surface area contributed by atoms with Gasteiger partial charge in [-0.1, -0.05) is 6.42 Å². The number of rotatable bonds is 4. The average Bonchev–Trinajstić information content (AvgIpc) is 2.60. The summed E-state index contributed by atoms with van der Waals surface area (Å²) in [6.45, 7) is 0. The van der Waals surface area contributed by atoms with Crippen LogP contribution < -0.4 is 11.3 Å². The number of nitrogens with two attached hydrogens (primary N) is 1. The van der Waals surface area contributed by atoms with Crippen molar-refractivity contribution in [3.63, 3.8) is 0 Å². The fraction of sp³-hybridized carbons (Fsp3) is 0.692. The first-order chi connectivity index (χ1) is 8.99. The molecule has 1 unspecified atom stereocenters. The quantitative estimate of drug-likeness (QED) is 0.502. The van der Waals surface area contributed by atoms with E-state index >= 15 is 0 Å². The predicted molar refractivity (Wildman–Crippen MR) is 70.9 cm³/mol. The number of hydrazine groups is 1. The monoisotopic (exact) mass is 292 g/mol. The van der Waals surface area contributed by atoms with Gasteiger partial charge in [0.1, 0.15) is 0 Å². The molecular weight excluding hydrogens is 273 g/mol. The SMILES string of the molecule is NNC(CCC(F)(F)F)c1cc2c(s1)CCCCC2. The molecule has 1 aromatic rings. The summed E-state index contributed by atoms with van der Waals surface area (Å²) in [4.78, 5) is 2.28. The van der Waals surface area contributed by atoms with Gasteiger partial charge < -0.3 is 0 Å². The number of halogens is 3. The summed E-state index contributed by atoms with van der Waals surface area (Å²) < 4.78 is 36.9. The highest BCUT2D eigenvalue weighted by molar-refractivity contribution is 7.12. The van der Waals surface area contributed by atoms with Crippen LogP contribution in [0.5, 0.6) is 0 Å². The second-order valence-corrected chi connectivity index (χ2v) is 6.20. The molecule has 0 amide bonds. The molecule has 0 saturated carbocycles. The van der Waals surface area contributed by atoms with Crippen molar-refractivity contribution in [3.8, 4) is 0 Å². The van der Waals surface area contributed by atoms with Gasteiger partial charge in [0, 0.05) is 16.2 Å². The van der Waals surface area contributed by atoms with Gasteiger partial charge in [-0.15, -0.1) is 11.3 Å². The van der Waals surface area contributed by atoms with Crippen LogP contribution >= 0.6 is 11.3 Å². The van der Waals surface area contributed by atoms with Crippen LogP contribution in [-0.4, -0.2) is 6.18 Å². The highest BCUT2D eigenvalue weighted by Gasteiger charge is 2.29. The van der Waals surface area contributed by atoms with Crippen molar-refractivity contribution in [2.75, 3.05) is 0 Å². The zero-order chi connectivity index (χ0) is 13.9. The Morgan fingerprint density at radius 1 is 1.26 bits per heavy atom. The highest BCUT2D eigenvalue weighted by Crippen LogP contribution is 2.35. The Morgan fingerprint density at radius 2 is 2.00 bits per heavy atom. The molecule has 2 nitrogen and oxygen atoms in total. The average molecular weight is 292 g/mol. The van der Waals surface area contributed by atoms with Gasteiger partial charge in [-0.3, -0.25) is 11.3 Å². The first-order valence-electron chi connectivity index (χ1n) is 6.64. The lowest BCUT2D eigenvalue weighted by Gasteiger charge is -2.15. The van der Waals surface area contributed by atoms with E-state index in [0.717, 1.165) is 17.7 Å². The summed E-state index contributed by atoms with van der Waals surface area (Å²) in [5.41, 5.74) is 3.84. The number of nitrogens with one attached hydrogen (secondary N) is 1. The molecule has 0 aromatic carbocycles. The lowest BCUT2D eigenvalue weighted by Crippen LogP contribution is -2.28. The minimum Gasteiger partial charge on any atom is -0.271 e. The van der Waals surface area contributed by atoms with Crippen molar-refractivity contribution in [3.05, 3.63) is 21.4 Å². The van der Waals surface area contributed by atoms with Gasteiger partial charge in [-0.2, -0.15) is 13.2 Å². The van der Waals surface area contributed by atoms with Crippen LogP contribution in [0.25, 0.3) is 0 Å². The Morgan fingerprint density at radius 3 is 2.68 bits per heavy atom. The van der Waals surface area contributed by atoms with Gasteiger partial charge in [0.15, 0.2) is 0 Å². The van der Waals surface area contributed by atoms with Crippen LogP contribution in [0.1, 0.15) is 53.5 Å². The molecular formula is C13H19F3N2S. The predicted octanol–water partition coefficient (Wildman–Crippen LogP) is 3.86. The Labute approximate surface area is 115 Å². The lowest BCUT2D eigenvalue weighted by atomic mass is 10.1. The third-order valence-electron chi connectivity index (χ3n) is 3.53. The van der Waals surface area contributed by atoms with Gasteiger partial charge in [0.25, 0.3) is 0 Å². The van der Waals surface area contributed by atoms with Crippen molar-refractivity contribution < 1.29 is 13.2 Å². The van der Waals surface area contributed by atoms with Crippen molar-refractivity contribution in [2.45, 2.75) is 57.2 Å². The van der Waals surface area contributed by atoms with E-state index in [4.69, 9.17) is 5.84 Å². The smallest absolute Gasteiger partial charge is 0.271 e. The molecule has 0 spiro atoms. The van der Waals surface area contributed by atoms with E-state index in [9.17, 15) is 13.2 Å². The summed E-state index contributed by atoms with van der Waals surface area (Å²) >= 11 is 1.62. The van der Waals surface area contributed by atoms with Gasteiger partial charge in [0.05, 0.1) is 6.04 Å². The Balaban J connectivity index is 2.06. The van der Waals surface area contributed by atoms with Crippen LogP contribution in [0.3, 0.4) is 0 Å². The summed E-state index contributed by atoms with van der Waals surface area (Å²) in [6.07, 6.45) is 0.762. The van der Waals surface area contributed by atoms with Crippen molar-refractivity contribution in [2.24, 2.45) is 5.84 Å². The molecule has 1 aliphatic carbocycles. The van der Waals surface area contributed by atoms with Crippen LogP contribution in [0.4, 0.5) is 13.2 Å². The second-order valence-electron chi connectivity index (χ2n) is 5.03. The number of alkyl halides is 3. The van der Waals surface area contributed by atoms with Crippen LogP contribution in [0, 0.1) is 0 Å². The second kappa shape index (κ2) is 6.24. The largest absolute Gasteiger partial charge is 0.389 e. The molecule has 1 heterocycles. The normalized spacial score (nSPS) is 17.9. The zero-order valence-corrected chi connectivity index (χ0v) is 11.5. The van der Waals surface area contributed by atoms with Crippen molar-refractivity contribution in [1.82, 2.24) is 5.43 Å².